The summed E-state index contributed by atoms with van der Waals surface area (Å²) in [5.74, 6) is 0.607. The predicted molar refractivity (Wildman–Crippen MR) is 91.7 cm³/mol. The number of rotatable bonds is 5. The van der Waals surface area contributed by atoms with Gasteiger partial charge in [0.15, 0.2) is 0 Å². The minimum Gasteiger partial charge on any atom is -0.361 e. The molecule has 0 saturated heterocycles. The molecular formula is C17H22F3N5O3. The normalized spacial score (nSPS) is 17.2. The molecule has 0 aliphatic carbocycles. The van der Waals surface area contributed by atoms with Gasteiger partial charge in [0.1, 0.15) is 11.6 Å². The lowest BCUT2D eigenvalue weighted by Gasteiger charge is -2.16. The van der Waals surface area contributed by atoms with Crippen LogP contribution in [0.15, 0.2) is 9.32 Å². The molecule has 8 nitrogen and oxygen atoms in total. The Morgan fingerprint density at radius 2 is 2.07 bits per heavy atom. The highest BCUT2D eigenvalue weighted by Crippen LogP contribution is 2.21. The van der Waals surface area contributed by atoms with E-state index in [-0.39, 0.29) is 18.3 Å². The van der Waals surface area contributed by atoms with Crippen molar-refractivity contribution < 1.29 is 22.5 Å². The molecule has 0 aromatic carbocycles. The first-order valence-corrected chi connectivity index (χ1v) is 9.08. The summed E-state index contributed by atoms with van der Waals surface area (Å²) in [7, 11) is 0. The highest BCUT2D eigenvalue weighted by Gasteiger charge is 2.29. The van der Waals surface area contributed by atoms with E-state index in [2.05, 4.69) is 15.6 Å². The van der Waals surface area contributed by atoms with E-state index in [0.717, 1.165) is 5.56 Å². The largest absolute Gasteiger partial charge is 0.389 e. The van der Waals surface area contributed by atoms with Gasteiger partial charge in [-0.2, -0.15) is 18.3 Å². The van der Waals surface area contributed by atoms with Crippen LogP contribution in [-0.4, -0.2) is 37.6 Å². The molecule has 0 saturated carbocycles. The fourth-order valence-electron chi connectivity index (χ4n) is 3.31. The number of fused-ring (bicyclic) bond motifs is 1. The Hall–Kier alpha value is -2.59. The average molecular weight is 401 g/mol. The number of aromatic nitrogens is 4. The standard InChI is InChI=1S/C17H22F3N5O3/c1-10-13(11(2)28-23-10)9-25-16(27)24-8-6-12(3-4-14(24)22-25)21-15(26)5-7-17(18,19)20/h12H,3-9H2,1-2H3,(H,21,26). The summed E-state index contributed by atoms with van der Waals surface area (Å²) >= 11 is 0. The SMILES string of the molecule is Cc1noc(C)c1Cn1nc2n(c1=O)CCC(NC(=O)CCC(F)(F)F)CC2. The minimum atomic E-state index is -4.35. The summed E-state index contributed by atoms with van der Waals surface area (Å²) in [6, 6.07) is -0.280. The number of hydrogen-bond acceptors (Lipinski definition) is 5. The molecule has 28 heavy (non-hydrogen) atoms. The van der Waals surface area contributed by atoms with Crippen molar-refractivity contribution >= 4 is 5.91 Å². The lowest BCUT2D eigenvalue weighted by molar-refractivity contribution is -0.144. The number of hydrogen-bond donors (Lipinski definition) is 1. The predicted octanol–water partition coefficient (Wildman–Crippen LogP) is 1.86. The first kappa shape index (κ1) is 20.2. The van der Waals surface area contributed by atoms with Crippen molar-refractivity contribution in [1.82, 2.24) is 24.8 Å². The third-order valence-corrected chi connectivity index (χ3v) is 4.91. The Morgan fingerprint density at radius 1 is 1.32 bits per heavy atom. The van der Waals surface area contributed by atoms with Crippen LogP contribution >= 0.6 is 0 Å². The second-order valence-electron chi connectivity index (χ2n) is 7.02. The molecule has 154 valence electrons. The number of halogens is 3. The van der Waals surface area contributed by atoms with Crippen molar-refractivity contribution in [3.05, 3.63) is 33.3 Å². The highest BCUT2D eigenvalue weighted by molar-refractivity contribution is 5.76. The van der Waals surface area contributed by atoms with Gasteiger partial charge < -0.3 is 9.84 Å². The lowest BCUT2D eigenvalue weighted by atomic mass is 10.1. The van der Waals surface area contributed by atoms with Crippen molar-refractivity contribution in [3.8, 4) is 0 Å². The van der Waals surface area contributed by atoms with Crippen molar-refractivity contribution in [3.63, 3.8) is 0 Å². The van der Waals surface area contributed by atoms with Crippen LogP contribution in [0.25, 0.3) is 0 Å². The Bertz CT molecular complexity index is 893. The molecule has 1 aliphatic heterocycles. The molecule has 1 atom stereocenters. The van der Waals surface area contributed by atoms with Crippen LogP contribution in [0.5, 0.6) is 0 Å². The summed E-state index contributed by atoms with van der Waals surface area (Å²) in [5, 5.41) is 10.9. The maximum Gasteiger partial charge on any atom is 0.389 e. The molecule has 1 amide bonds. The third kappa shape index (κ3) is 4.63. The van der Waals surface area contributed by atoms with Gasteiger partial charge in [-0.25, -0.2) is 9.48 Å². The number of carbonyl (C=O) groups excluding carboxylic acids is 1. The summed E-state index contributed by atoms with van der Waals surface area (Å²) in [6.45, 7) is 4.18. The zero-order valence-corrected chi connectivity index (χ0v) is 15.7. The van der Waals surface area contributed by atoms with Gasteiger partial charge in [-0.15, -0.1) is 0 Å². The van der Waals surface area contributed by atoms with E-state index in [1.54, 1.807) is 18.4 Å². The Balaban J connectivity index is 1.62. The number of carbonyl (C=O) groups is 1. The fourth-order valence-corrected chi connectivity index (χ4v) is 3.31. The molecule has 11 heteroatoms. The van der Waals surface area contributed by atoms with Crippen LogP contribution in [0.2, 0.25) is 0 Å². The smallest absolute Gasteiger partial charge is 0.361 e. The van der Waals surface area contributed by atoms with Gasteiger partial charge in [0.05, 0.1) is 18.7 Å². The zero-order chi connectivity index (χ0) is 20.5. The molecule has 0 spiro atoms. The molecule has 1 aliphatic rings. The third-order valence-electron chi connectivity index (χ3n) is 4.91. The summed E-state index contributed by atoms with van der Waals surface area (Å²) in [5.41, 5.74) is 1.25. The molecule has 0 fully saturated rings. The lowest BCUT2D eigenvalue weighted by Crippen LogP contribution is -2.36. The van der Waals surface area contributed by atoms with E-state index in [0.29, 0.717) is 43.1 Å². The van der Waals surface area contributed by atoms with Crippen LogP contribution in [0, 0.1) is 13.8 Å². The van der Waals surface area contributed by atoms with Crippen LogP contribution in [-0.2, 0) is 24.3 Å². The molecule has 2 aromatic rings. The van der Waals surface area contributed by atoms with Gasteiger partial charge in [-0.1, -0.05) is 5.16 Å². The Kier molecular flexibility index (Phi) is 5.61. The second-order valence-corrected chi connectivity index (χ2v) is 7.02. The second kappa shape index (κ2) is 7.80. The summed E-state index contributed by atoms with van der Waals surface area (Å²) < 4.78 is 44.7. The quantitative estimate of drug-likeness (QED) is 0.825. The first-order chi connectivity index (χ1) is 13.1. The van der Waals surface area contributed by atoms with Crippen molar-refractivity contribution in [2.75, 3.05) is 0 Å². The summed E-state index contributed by atoms with van der Waals surface area (Å²) in [4.78, 5) is 24.4. The van der Waals surface area contributed by atoms with Crippen molar-refractivity contribution in [1.29, 1.82) is 0 Å². The van der Waals surface area contributed by atoms with Gasteiger partial charge in [0.25, 0.3) is 0 Å². The van der Waals surface area contributed by atoms with E-state index in [1.165, 1.54) is 4.68 Å². The van der Waals surface area contributed by atoms with Crippen LogP contribution in [0.4, 0.5) is 13.2 Å². The first-order valence-electron chi connectivity index (χ1n) is 9.08. The maximum absolute atomic E-state index is 12.7. The molecule has 0 bridgehead atoms. The van der Waals surface area contributed by atoms with Gasteiger partial charge in [-0.05, 0) is 26.7 Å². The number of nitrogens with one attached hydrogen (secondary N) is 1. The molecule has 1 unspecified atom stereocenters. The van der Waals surface area contributed by atoms with Gasteiger partial charge in [0, 0.05) is 31.0 Å². The van der Waals surface area contributed by atoms with E-state index in [9.17, 15) is 22.8 Å². The van der Waals surface area contributed by atoms with Gasteiger partial charge in [-0.3, -0.25) is 9.36 Å². The molecule has 3 heterocycles. The van der Waals surface area contributed by atoms with E-state index >= 15 is 0 Å². The van der Waals surface area contributed by atoms with Crippen LogP contribution < -0.4 is 11.0 Å². The van der Waals surface area contributed by atoms with Crippen molar-refractivity contribution in [2.24, 2.45) is 0 Å². The Labute approximate surface area is 158 Å². The van der Waals surface area contributed by atoms with E-state index in [1.807, 2.05) is 0 Å². The number of alkyl halides is 3. The van der Waals surface area contributed by atoms with Gasteiger partial charge >= 0.3 is 11.9 Å². The fraction of sp³-hybridized carbons (Fsp3) is 0.647. The monoisotopic (exact) mass is 401 g/mol. The maximum atomic E-state index is 12.7. The number of nitrogens with zero attached hydrogens (tertiary/aromatic N) is 4. The Morgan fingerprint density at radius 3 is 2.71 bits per heavy atom. The van der Waals surface area contributed by atoms with Crippen LogP contribution in [0.1, 0.15) is 48.5 Å². The summed E-state index contributed by atoms with van der Waals surface area (Å²) in [6.07, 6.45) is -4.65. The van der Waals surface area contributed by atoms with E-state index < -0.39 is 24.9 Å². The molecule has 3 rings (SSSR count). The van der Waals surface area contributed by atoms with Crippen LogP contribution in [0.3, 0.4) is 0 Å². The molecule has 2 aromatic heterocycles. The van der Waals surface area contributed by atoms with Crippen molar-refractivity contribution in [2.45, 2.75) is 71.3 Å². The van der Waals surface area contributed by atoms with E-state index in [4.69, 9.17) is 4.52 Å². The molecule has 1 N–H and O–H groups in total. The average Bonchev–Trinajstić information content (AvgIpc) is 3.00. The zero-order valence-electron chi connectivity index (χ0n) is 15.7. The van der Waals surface area contributed by atoms with Gasteiger partial charge in [0.2, 0.25) is 5.91 Å². The molecule has 0 radical (unpaired) electrons. The number of aryl methyl sites for hydroxylation is 3. The highest BCUT2D eigenvalue weighted by atomic mass is 19.4. The number of amides is 1. The molecular weight excluding hydrogens is 379 g/mol. The minimum absolute atomic E-state index is 0.262. The topological polar surface area (TPSA) is 94.9 Å².